The summed E-state index contributed by atoms with van der Waals surface area (Å²) in [6.07, 6.45) is 1.74. The highest BCUT2D eigenvalue weighted by Gasteiger charge is 2.34. The molecular weight excluding hydrogens is 348 g/mol. The van der Waals surface area contributed by atoms with Gasteiger partial charge in [-0.15, -0.1) is 0 Å². The summed E-state index contributed by atoms with van der Waals surface area (Å²) in [6, 6.07) is 4.90. The minimum absolute atomic E-state index is 0.220. The number of urea groups is 1. The number of carbonyl (C=O) groups is 3. The molecule has 1 unspecified atom stereocenters. The van der Waals surface area contributed by atoms with Crippen LogP contribution in [0.5, 0.6) is 0 Å². The molecule has 0 aliphatic carbocycles. The molecule has 8 heteroatoms. The number of hydrogen-bond donors (Lipinski definition) is 3. The molecular formula is C19H24N4O4. The number of rotatable bonds is 7. The van der Waals surface area contributed by atoms with Crippen molar-refractivity contribution in [3.05, 3.63) is 35.0 Å². The van der Waals surface area contributed by atoms with Gasteiger partial charge in [0.25, 0.3) is 5.91 Å². The number of benzene rings is 1. The summed E-state index contributed by atoms with van der Waals surface area (Å²) >= 11 is 0. The molecule has 1 atom stereocenters. The smallest absolute Gasteiger partial charge is 0.352 e. The van der Waals surface area contributed by atoms with Crippen molar-refractivity contribution in [2.75, 3.05) is 27.7 Å². The predicted molar refractivity (Wildman–Crippen MR) is 101 cm³/mol. The first kappa shape index (κ1) is 18.9. The number of aryl methyl sites for hydroxylation is 1. The molecule has 0 radical (unpaired) electrons. The maximum atomic E-state index is 12.0. The minimum atomic E-state index is -0.969. The zero-order valence-electron chi connectivity index (χ0n) is 15.7. The van der Waals surface area contributed by atoms with E-state index < -0.39 is 12.0 Å². The molecule has 1 aliphatic heterocycles. The summed E-state index contributed by atoms with van der Waals surface area (Å²) in [5.74, 6) is -1.19. The zero-order valence-corrected chi connectivity index (χ0v) is 15.7. The van der Waals surface area contributed by atoms with Crippen LogP contribution >= 0.6 is 0 Å². The molecule has 8 nitrogen and oxygen atoms in total. The number of H-pyrrole nitrogens is 1. The second-order valence-corrected chi connectivity index (χ2v) is 7.15. The Hall–Kier alpha value is -2.87. The normalized spacial score (nSPS) is 17.2. The number of carboxylic acid groups (broad SMARTS) is 1. The summed E-state index contributed by atoms with van der Waals surface area (Å²) in [5.41, 5.74) is 2.80. The van der Waals surface area contributed by atoms with Gasteiger partial charge in [-0.2, -0.15) is 0 Å². The molecule has 0 bridgehead atoms. The third-order valence-corrected chi connectivity index (χ3v) is 4.95. The quantitative estimate of drug-likeness (QED) is 0.638. The fourth-order valence-electron chi connectivity index (χ4n) is 3.38. The van der Waals surface area contributed by atoms with Crippen LogP contribution in [0, 0.1) is 0 Å². The number of likely N-dealkylation sites (N-methyl/N-ethyl adjacent to an activating group) is 2. The number of nitrogens with one attached hydrogen (secondary N) is 2. The Labute approximate surface area is 157 Å². The van der Waals surface area contributed by atoms with Crippen molar-refractivity contribution in [2.24, 2.45) is 0 Å². The number of imide groups is 1. The minimum Gasteiger partial charge on any atom is -0.477 e. The summed E-state index contributed by atoms with van der Waals surface area (Å²) in [7, 11) is 5.36. The van der Waals surface area contributed by atoms with Crippen LogP contribution in [0.2, 0.25) is 0 Å². The Morgan fingerprint density at radius 1 is 1.26 bits per heavy atom. The highest BCUT2D eigenvalue weighted by molar-refractivity contribution is 6.03. The van der Waals surface area contributed by atoms with Crippen LogP contribution in [0.4, 0.5) is 4.79 Å². The van der Waals surface area contributed by atoms with Crippen molar-refractivity contribution < 1.29 is 19.5 Å². The number of hydrogen-bond acceptors (Lipinski definition) is 4. The van der Waals surface area contributed by atoms with Gasteiger partial charge in [0.05, 0.1) is 0 Å². The molecule has 1 fully saturated rings. The van der Waals surface area contributed by atoms with Crippen LogP contribution in [0.25, 0.3) is 10.9 Å². The van der Waals surface area contributed by atoms with Crippen LogP contribution < -0.4 is 5.32 Å². The summed E-state index contributed by atoms with van der Waals surface area (Å²) in [6.45, 7) is 0.742. The number of aromatic nitrogens is 1. The lowest BCUT2D eigenvalue weighted by molar-refractivity contribution is -0.126. The molecule has 3 N–H and O–H groups in total. The van der Waals surface area contributed by atoms with Gasteiger partial charge >= 0.3 is 12.0 Å². The summed E-state index contributed by atoms with van der Waals surface area (Å²) in [4.78, 5) is 41.2. The van der Waals surface area contributed by atoms with Crippen LogP contribution in [0.3, 0.4) is 0 Å². The molecule has 1 aliphatic rings. The van der Waals surface area contributed by atoms with E-state index in [-0.39, 0.29) is 17.6 Å². The van der Waals surface area contributed by atoms with Gasteiger partial charge in [-0.1, -0.05) is 6.07 Å². The van der Waals surface area contributed by atoms with Crippen molar-refractivity contribution in [2.45, 2.75) is 25.3 Å². The van der Waals surface area contributed by atoms with Gasteiger partial charge in [0.2, 0.25) is 0 Å². The molecule has 2 aromatic rings. The van der Waals surface area contributed by atoms with Gasteiger partial charge in [0.15, 0.2) is 0 Å². The number of amides is 3. The lowest BCUT2D eigenvalue weighted by Crippen LogP contribution is -2.29. The highest BCUT2D eigenvalue weighted by Crippen LogP contribution is 2.25. The van der Waals surface area contributed by atoms with Crippen LogP contribution in [0.1, 0.15) is 28.0 Å². The number of carboxylic acids is 1. The van der Waals surface area contributed by atoms with Crippen molar-refractivity contribution in [3.63, 3.8) is 0 Å². The molecule has 0 spiro atoms. The number of carbonyl (C=O) groups excluding carboxylic acids is 2. The first-order valence-corrected chi connectivity index (χ1v) is 8.87. The SMILES string of the molecule is CN(C)CCc1c(C(=O)O)[nH]c2ccc(CCC3NC(=O)N(C)C3=O)cc12. The number of nitrogens with zero attached hydrogens (tertiary/aromatic N) is 2. The van der Waals surface area contributed by atoms with Crippen molar-refractivity contribution >= 4 is 28.8 Å². The van der Waals surface area contributed by atoms with E-state index in [0.29, 0.717) is 19.3 Å². The number of fused-ring (bicyclic) bond motifs is 1. The first-order valence-electron chi connectivity index (χ1n) is 8.87. The van der Waals surface area contributed by atoms with E-state index in [2.05, 4.69) is 10.3 Å². The fourth-order valence-corrected chi connectivity index (χ4v) is 3.38. The Morgan fingerprint density at radius 3 is 2.59 bits per heavy atom. The number of aromatic amines is 1. The predicted octanol–water partition coefficient (Wildman–Crippen LogP) is 1.45. The van der Waals surface area contributed by atoms with Crippen LogP contribution in [-0.2, 0) is 17.6 Å². The highest BCUT2D eigenvalue weighted by atomic mass is 16.4. The summed E-state index contributed by atoms with van der Waals surface area (Å²) in [5, 5.41) is 13.1. The van der Waals surface area contributed by atoms with Crippen molar-refractivity contribution in [1.82, 2.24) is 20.1 Å². The van der Waals surface area contributed by atoms with E-state index in [0.717, 1.165) is 33.5 Å². The van der Waals surface area contributed by atoms with E-state index in [1.165, 1.54) is 7.05 Å². The maximum absolute atomic E-state index is 12.0. The van der Waals surface area contributed by atoms with Crippen molar-refractivity contribution in [1.29, 1.82) is 0 Å². The monoisotopic (exact) mass is 372 g/mol. The zero-order chi connectivity index (χ0) is 19.7. The van der Waals surface area contributed by atoms with E-state index in [4.69, 9.17) is 0 Å². The molecule has 27 heavy (non-hydrogen) atoms. The second-order valence-electron chi connectivity index (χ2n) is 7.15. The maximum Gasteiger partial charge on any atom is 0.352 e. The van der Waals surface area contributed by atoms with Crippen LogP contribution in [0.15, 0.2) is 18.2 Å². The first-order chi connectivity index (χ1) is 12.8. The van der Waals surface area contributed by atoms with E-state index >= 15 is 0 Å². The third-order valence-electron chi connectivity index (χ3n) is 4.95. The average molecular weight is 372 g/mol. The molecule has 1 aromatic carbocycles. The second kappa shape index (κ2) is 7.40. The van der Waals surface area contributed by atoms with Crippen molar-refractivity contribution in [3.8, 4) is 0 Å². The largest absolute Gasteiger partial charge is 0.477 e. The number of aromatic carboxylic acids is 1. The van der Waals surface area contributed by atoms with Gasteiger partial charge in [-0.05, 0) is 56.6 Å². The van der Waals surface area contributed by atoms with Gasteiger partial charge < -0.3 is 20.3 Å². The van der Waals surface area contributed by atoms with Gasteiger partial charge in [0.1, 0.15) is 11.7 Å². The van der Waals surface area contributed by atoms with Gasteiger partial charge in [-0.3, -0.25) is 9.69 Å². The van der Waals surface area contributed by atoms with Gasteiger partial charge in [-0.25, -0.2) is 9.59 Å². The molecule has 0 saturated carbocycles. The van der Waals surface area contributed by atoms with Crippen LogP contribution in [-0.4, -0.2) is 71.5 Å². The molecule has 3 rings (SSSR count). The molecule has 1 saturated heterocycles. The molecule has 3 amide bonds. The Morgan fingerprint density at radius 2 is 2.00 bits per heavy atom. The molecule has 1 aromatic heterocycles. The van der Waals surface area contributed by atoms with E-state index in [9.17, 15) is 19.5 Å². The van der Waals surface area contributed by atoms with E-state index in [1.807, 2.05) is 37.2 Å². The lowest BCUT2D eigenvalue weighted by Gasteiger charge is -2.10. The topological polar surface area (TPSA) is 106 Å². The standard InChI is InChI=1S/C19H24N4O4/c1-22(2)9-8-12-13-10-11(4-6-14(13)20-16(12)18(25)26)5-7-15-17(24)23(3)19(27)21-15/h4,6,10,15,20H,5,7-9H2,1-3H3,(H,21,27)(H,25,26). The molecule has 144 valence electrons. The average Bonchev–Trinajstić information content (AvgIpc) is 3.10. The van der Waals surface area contributed by atoms with Gasteiger partial charge in [0, 0.05) is 24.5 Å². The van der Waals surface area contributed by atoms with E-state index in [1.54, 1.807) is 0 Å². The summed E-state index contributed by atoms with van der Waals surface area (Å²) < 4.78 is 0. The Balaban J connectivity index is 1.83. The lowest BCUT2D eigenvalue weighted by atomic mass is 10.0. The molecule has 2 heterocycles. The Kier molecular flexibility index (Phi) is 5.18. The fraction of sp³-hybridized carbons (Fsp3) is 0.421. The Bertz CT molecular complexity index is 902. The third kappa shape index (κ3) is 3.80.